The number of aromatic nitrogens is 3. The molecule has 1 amide bonds. The SMILES string of the molecule is CC(C)c1ccc(CNC(=O)C2CCCN(c3nccn4nc(-c5ccc(F)cc5)cc34)C2)cc1. The van der Waals surface area contributed by atoms with Crippen LogP contribution >= 0.6 is 0 Å². The predicted molar refractivity (Wildman–Crippen MR) is 136 cm³/mol. The lowest BCUT2D eigenvalue weighted by molar-refractivity contribution is -0.125. The standard InChI is InChI=1S/C28H30FN5O/c1-19(2)21-7-5-20(6-8-21)17-31-28(35)23-4-3-14-33(18-23)27-26-16-25(32-34(26)15-13-30-27)22-9-11-24(29)12-10-22/h5-13,15-16,19,23H,3-4,14,17-18H2,1-2H3,(H,31,35). The largest absolute Gasteiger partial charge is 0.354 e. The van der Waals surface area contributed by atoms with Crippen LogP contribution in [0.5, 0.6) is 0 Å². The Bertz CT molecular complexity index is 1310. The summed E-state index contributed by atoms with van der Waals surface area (Å²) in [6.45, 7) is 6.33. The normalized spacial score (nSPS) is 16.1. The third kappa shape index (κ3) is 5.04. The zero-order valence-electron chi connectivity index (χ0n) is 20.1. The average Bonchev–Trinajstić information content (AvgIpc) is 3.32. The van der Waals surface area contributed by atoms with Crippen molar-refractivity contribution in [3.63, 3.8) is 0 Å². The lowest BCUT2D eigenvalue weighted by Gasteiger charge is -2.33. The molecule has 6 nitrogen and oxygen atoms in total. The molecule has 2 aromatic heterocycles. The van der Waals surface area contributed by atoms with Gasteiger partial charge in [-0.3, -0.25) is 4.79 Å². The van der Waals surface area contributed by atoms with Gasteiger partial charge in [0.25, 0.3) is 0 Å². The van der Waals surface area contributed by atoms with E-state index in [1.54, 1.807) is 22.8 Å². The van der Waals surface area contributed by atoms with Gasteiger partial charge < -0.3 is 10.2 Å². The van der Waals surface area contributed by atoms with Crippen molar-refractivity contribution in [3.05, 3.63) is 83.9 Å². The van der Waals surface area contributed by atoms with E-state index in [4.69, 9.17) is 0 Å². The molecule has 5 rings (SSSR count). The smallest absolute Gasteiger partial charge is 0.225 e. The Morgan fingerprint density at radius 1 is 1.14 bits per heavy atom. The van der Waals surface area contributed by atoms with Crippen LogP contribution in [0.2, 0.25) is 0 Å². The summed E-state index contributed by atoms with van der Waals surface area (Å²) in [7, 11) is 0. The van der Waals surface area contributed by atoms with E-state index >= 15 is 0 Å². The molecule has 0 aliphatic carbocycles. The Morgan fingerprint density at radius 3 is 2.66 bits per heavy atom. The molecule has 1 N–H and O–H groups in total. The quantitative estimate of drug-likeness (QED) is 0.420. The number of rotatable bonds is 6. The van der Waals surface area contributed by atoms with Gasteiger partial charge in [0, 0.05) is 37.6 Å². The van der Waals surface area contributed by atoms with E-state index in [2.05, 4.69) is 58.4 Å². The fourth-order valence-corrected chi connectivity index (χ4v) is 4.65. The van der Waals surface area contributed by atoms with Crippen LogP contribution in [-0.4, -0.2) is 33.6 Å². The van der Waals surface area contributed by atoms with Crippen molar-refractivity contribution in [2.75, 3.05) is 18.0 Å². The first-order chi connectivity index (χ1) is 17.0. The predicted octanol–water partition coefficient (Wildman–Crippen LogP) is 5.19. The van der Waals surface area contributed by atoms with Gasteiger partial charge in [-0.1, -0.05) is 38.1 Å². The van der Waals surface area contributed by atoms with Gasteiger partial charge in [-0.05, 0) is 60.2 Å². The minimum absolute atomic E-state index is 0.0788. The van der Waals surface area contributed by atoms with Crippen LogP contribution in [0, 0.1) is 11.7 Å². The summed E-state index contributed by atoms with van der Waals surface area (Å²) >= 11 is 0. The van der Waals surface area contributed by atoms with Crippen LogP contribution < -0.4 is 10.2 Å². The Morgan fingerprint density at radius 2 is 1.91 bits per heavy atom. The number of amides is 1. The fourth-order valence-electron chi connectivity index (χ4n) is 4.65. The van der Waals surface area contributed by atoms with E-state index in [1.807, 2.05) is 12.3 Å². The second kappa shape index (κ2) is 9.86. The van der Waals surface area contributed by atoms with Crippen LogP contribution in [-0.2, 0) is 11.3 Å². The second-order valence-electron chi connectivity index (χ2n) is 9.52. The molecule has 1 saturated heterocycles. The van der Waals surface area contributed by atoms with E-state index in [0.29, 0.717) is 19.0 Å². The maximum absolute atomic E-state index is 13.3. The molecule has 1 fully saturated rings. The first kappa shape index (κ1) is 23.0. The molecule has 35 heavy (non-hydrogen) atoms. The Balaban J connectivity index is 1.29. The number of hydrogen-bond donors (Lipinski definition) is 1. The number of anilines is 1. The summed E-state index contributed by atoms with van der Waals surface area (Å²) in [4.78, 5) is 19.8. The number of nitrogens with one attached hydrogen (secondary N) is 1. The van der Waals surface area contributed by atoms with Crippen molar-refractivity contribution in [2.45, 2.75) is 39.2 Å². The highest BCUT2D eigenvalue weighted by Gasteiger charge is 2.27. The number of halogens is 1. The summed E-state index contributed by atoms with van der Waals surface area (Å²) < 4.78 is 15.1. The van der Waals surface area contributed by atoms with E-state index < -0.39 is 0 Å². The van der Waals surface area contributed by atoms with Gasteiger partial charge in [-0.25, -0.2) is 13.9 Å². The Hall–Kier alpha value is -3.74. The van der Waals surface area contributed by atoms with Crippen molar-refractivity contribution >= 4 is 17.2 Å². The highest BCUT2D eigenvalue weighted by atomic mass is 19.1. The summed E-state index contributed by atoms with van der Waals surface area (Å²) in [6, 6.07) is 16.7. The second-order valence-corrected chi connectivity index (χ2v) is 9.52. The van der Waals surface area contributed by atoms with Crippen LogP contribution in [0.25, 0.3) is 16.8 Å². The molecule has 2 aromatic carbocycles. The molecule has 1 aliphatic rings. The Kier molecular flexibility index (Phi) is 6.49. The van der Waals surface area contributed by atoms with Crippen molar-refractivity contribution in [2.24, 2.45) is 5.92 Å². The van der Waals surface area contributed by atoms with Gasteiger partial charge in [0.05, 0.1) is 11.6 Å². The van der Waals surface area contributed by atoms with Crippen LogP contribution in [0.1, 0.15) is 43.7 Å². The zero-order valence-corrected chi connectivity index (χ0v) is 20.1. The topological polar surface area (TPSA) is 62.5 Å². The zero-order chi connectivity index (χ0) is 24.4. The highest BCUT2D eigenvalue weighted by molar-refractivity contribution is 5.81. The molecular formula is C28H30FN5O. The van der Waals surface area contributed by atoms with Crippen LogP contribution in [0.4, 0.5) is 10.2 Å². The van der Waals surface area contributed by atoms with Crippen molar-refractivity contribution in [1.29, 1.82) is 0 Å². The van der Waals surface area contributed by atoms with Gasteiger partial charge in [-0.15, -0.1) is 0 Å². The van der Waals surface area contributed by atoms with E-state index in [-0.39, 0.29) is 17.6 Å². The van der Waals surface area contributed by atoms with E-state index in [0.717, 1.165) is 47.5 Å². The molecule has 180 valence electrons. The van der Waals surface area contributed by atoms with Crippen molar-refractivity contribution in [1.82, 2.24) is 19.9 Å². The summed E-state index contributed by atoms with van der Waals surface area (Å²) in [5.74, 6) is 1.02. The molecule has 4 aromatic rings. The lowest BCUT2D eigenvalue weighted by Crippen LogP contribution is -2.43. The number of benzene rings is 2. The number of nitrogens with zero attached hydrogens (tertiary/aromatic N) is 4. The van der Waals surface area contributed by atoms with Gasteiger partial charge in [0.2, 0.25) is 5.91 Å². The molecule has 0 saturated carbocycles. The molecular weight excluding hydrogens is 441 g/mol. The summed E-state index contributed by atoms with van der Waals surface area (Å²) in [5, 5.41) is 7.77. The number of hydrogen-bond acceptors (Lipinski definition) is 4. The minimum atomic E-state index is -0.273. The molecule has 3 heterocycles. The first-order valence-corrected chi connectivity index (χ1v) is 12.2. The van der Waals surface area contributed by atoms with Crippen molar-refractivity contribution in [3.8, 4) is 11.3 Å². The molecule has 0 spiro atoms. The number of carbonyl (C=O) groups is 1. The number of carbonyl (C=O) groups excluding carboxylic acids is 1. The van der Waals surface area contributed by atoms with Gasteiger partial charge >= 0.3 is 0 Å². The molecule has 7 heteroatoms. The third-order valence-corrected chi connectivity index (χ3v) is 6.71. The lowest BCUT2D eigenvalue weighted by atomic mass is 9.96. The van der Waals surface area contributed by atoms with E-state index in [9.17, 15) is 9.18 Å². The van der Waals surface area contributed by atoms with Gasteiger partial charge in [0.1, 0.15) is 11.3 Å². The first-order valence-electron chi connectivity index (χ1n) is 12.2. The molecule has 1 unspecified atom stereocenters. The fraction of sp³-hybridized carbons (Fsp3) is 0.321. The van der Waals surface area contributed by atoms with Crippen LogP contribution in [0.15, 0.2) is 67.0 Å². The van der Waals surface area contributed by atoms with Gasteiger partial charge in [0.15, 0.2) is 5.82 Å². The minimum Gasteiger partial charge on any atom is -0.354 e. The van der Waals surface area contributed by atoms with Gasteiger partial charge in [-0.2, -0.15) is 5.10 Å². The summed E-state index contributed by atoms with van der Waals surface area (Å²) in [6.07, 6.45) is 5.32. The number of piperidine rings is 1. The monoisotopic (exact) mass is 471 g/mol. The third-order valence-electron chi connectivity index (χ3n) is 6.71. The maximum Gasteiger partial charge on any atom is 0.225 e. The van der Waals surface area contributed by atoms with E-state index in [1.165, 1.54) is 17.7 Å². The van der Waals surface area contributed by atoms with Crippen LogP contribution in [0.3, 0.4) is 0 Å². The molecule has 1 aliphatic heterocycles. The molecule has 0 radical (unpaired) electrons. The maximum atomic E-state index is 13.3. The van der Waals surface area contributed by atoms with Crippen molar-refractivity contribution < 1.29 is 9.18 Å². The highest BCUT2D eigenvalue weighted by Crippen LogP contribution is 2.28. The summed E-state index contributed by atoms with van der Waals surface area (Å²) in [5.41, 5.74) is 4.88. The number of fused-ring (bicyclic) bond motifs is 1. The average molecular weight is 472 g/mol. The molecule has 0 bridgehead atoms. The molecule has 1 atom stereocenters. The Labute approximate surface area is 204 Å².